The van der Waals surface area contributed by atoms with Gasteiger partial charge in [0, 0.05) is 19.4 Å². The Balaban J connectivity index is 2.53. The minimum Gasteiger partial charge on any atom is -0.465 e. The number of rotatable bonds is 2. The van der Waals surface area contributed by atoms with Gasteiger partial charge in [-0.1, -0.05) is 0 Å². The number of carbonyl (C=O) groups is 1. The SMILES string of the molecule is COC(=O)c1ccnc(-c2cn(C)cn2)c1N. The molecule has 2 rings (SSSR count). The Morgan fingerprint density at radius 2 is 2.24 bits per heavy atom. The first-order valence-corrected chi connectivity index (χ1v) is 4.94. The van der Waals surface area contributed by atoms with E-state index < -0.39 is 5.97 Å². The summed E-state index contributed by atoms with van der Waals surface area (Å²) in [5, 5.41) is 0. The van der Waals surface area contributed by atoms with Gasteiger partial charge in [0.2, 0.25) is 0 Å². The van der Waals surface area contributed by atoms with Gasteiger partial charge in [-0.2, -0.15) is 0 Å². The number of nitrogen functional groups attached to an aromatic ring is 1. The van der Waals surface area contributed by atoms with E-state index in [4.69, 9.17) is 5.73 Å². The number of methoxy groups -OCH3 is 1. The van der Waals surface area contributed by atoms with Crippen LogP contribution in [0.25, 0.3) is 11.4 Å². The molecule has 0 saturated carbocycles. The second-order valence-electron chi connectivity index (χ2n) is 3.54. The Morgan fingerprint density at radius 1 is 1.47 bits per heavy atom. The fraction of sp³-hybridized carbons (Fsp3) is 0.182. The lowest BCUT2D eigenvalue weighted by molar-refractivity contribution is 0.0602. The first-order valence-electron chi connectivity index (χ1n) is 4.94. The fourth-order valence-corrected chi connectivity index (χ4v) is 1.50. The number of imidazole rings is 1. The molecule has 0 aromatic carbocycles. The second kappa shape index (κ2) is 4.25. The molecule has 0 atom stereocenters. The van der Waals surface area contributed by atoms with Gasteiger partial charge in [0.05, 0.1) is 24.7 Å². The van der Waals surface area contributed by atoms with Gasteiger partial charge in [0.25, 0.3) is 0 Å². The molecule has 0 radical (unpaired) electrons. The van der Waals surface area contributed by atoms with Crippen LogP contribution >= 0.6 is 0 Å². The van der Waals surface area contributed by atoms with E-state index in [2.05, 4.69) is 14.7 Å². The highest BCUT2D eigenvalue weighted by atomic mass is 16.5. The lowest BCUT2D eigenvalue weighted by Crippen LogP contribution is -2.07. The van der Waals surface area contributed by atoms with E-state index in [9.17, 15) is 4.79 Å². The summed E-state index contributed by atoms with van der Waals surface area (Å²) in [4.78, 5) is 19.7. The van der Waals surface area contributed by atoms with Gasteiger partial charge in [0.1, 0.15) is 11.4 Å². The molecule has 0 unspecified atom stereocenters. The summed E-state index contributed by atoms with van der Waals surface area (Å²) in [5.41, 5.74) is 7.56. The molecule has 2 N–H and O–H groups in total. The standard InChI is InChI=1S/C11H12N4O2/c1-15-5-8(14-6-15)10-9(12)7(3-4-13-10)11(16)17-2/h3-6H,12H2,1-2H3. The smallest absolute Gasteiger partial charge is 0.340 e. The van der Waals surface area contributed by atoms with Crippen molar-refractivity contribution >= 4 is 11.7 Å². The maximum Gasteiger partial charge on any atom is 0.340 e. The van der Waals surface area contributed by atoms with Crippen molar-refractivity contribution in [2.45, 2.75) is 0 Å². The molecule has 0 saturated heterocycles. The lowest BCUT2D eigenvalue weighted by Gasteiger charge is -2.06. The first-order chi connectivity index (χ1) is 8.13. The summed E-state index contributed by atoms with van der Waals surface area (Å²) in [5.74, 6) is -0.484. The zero-order chi connectivity index (χ0) is 12.4. The Labute approximate surface area is 98.1 Å². The monoisotopic (exact) mass is 232 g/mol. The van der Waals surface area contributed by atoms with Gasteiger partial charge in [0.15, 0.2) is 0 Å². The van der Waals surface area contributed by atoms with Crippen molar-refractivity contribution in [3.05, 3.63) is 30.4 Å². The third kappa shape index (κ3) is 1.96. The average Bonchev–Trinajstić information content (AvgIpc) is 2.75. The van der Waals surface area contributed by atoms with Gasteiger partial charge in [-0.05, 0) is 6.07 Å². The number of anilines is 1. The first kappa shape index (κ1) is 11.1. The summed E-state index contributed by atoms with van der Waals surface area (Å²) in [6.45, 7) is 0. The van der Waals surface area contributed by atoms with Crippen LogP contribution in [0.15, 0.2) is 24.8 Å². The minimum atomic E-state index is -0.484. The third-order valence-electron chi connectivity index (χ3n) is 2.34. The van der Waals surface area contributed by atoms with E-state index in [0.29, 0.717) is 17.0 Å². The van der Waals surface area contributed by atoms with Crippen LogP contribution in [-0.2, 0) is 11.8 Å². The number of hydrogen-bond acceptors (Lipinski definition) is 5. The summed E-state index contributed by atoms with van der Waals surface area (Å²) < 4.78 is 6.42. The molecule has 2 aromatic heterocycles. The Kier molecular flexibility index (Phi) is 2.78. The predicted octanol–water partition coefficient (Wildman–Crippen LogP) is 0.851. The normalized spacial score (nSPS) is 10.2. The Hall–Kier alpha value is -2.37. The minimum absolute atomic E-state index is 0.276. The number of hydrogen-bond donors (Lipinski definition) is 1. The van der Waals surface area contributed by atoms with Crippen molar-refractivity contribution < 1.29 is 9.53 Å². The van der Waals surface area contributed by atoms with Crippen LogP contribution in [-0.4, -0.2) is 27.6 Å². The fourth-order valence-electron chi connectivity index (χ4n) is 1.50. The van der Waals surface area contributed by atoms with Crippen molar-refractivity contribution in [3.63, 3.8) is 0 Å². The molecular formula is C11H12N4O2. The van der Waals surface area contributed by atoms with Crippen LogP contribution in [0.2, 0.25) is 0 Å². The molecule has 0 aliphatic heterocycles. The molecule has 2 heterocycles. The Morgan fingerprint density at radius 3 is 2.82 bits per heavy atom. The molecular weight excluding hydrogens is 220 g/mol. The average molecular weight is 232 g/mol. The lowest BCUT2D eigenvalue weighted by atomic mass is 10.1. The molecule has 2 aromatic rings. The van der Waals surface area contributed by atoms with Crippen LogP contribution in [0.3, 0.4) is 0 Å². The summed E-state index contributed by atoms with van der Waals surface area (Å²) in [7, 11) is 3.15. The van der Waals surface area contributed by atoms with Crippen LogP contribution in [0.4, 0.5) is 5.69 Å². The van der Waals surface area contributed by atoms with Crippen molar-refractivity contribution in [2.75, 3.05) is 12.8 Å². The molecule has 88 valence electrons. The molecule has 0 spiro atoms. The van der Waals surface area contributed by atoms with E-state index in [1.807, 2.05) is 7.05 Å². The molecule has 0 amide bonds. The highest BCUT2D eigenvalue weighted by molar-refractivity contribution is 5.97. The zero-order valence-corrected chi connectivity index (χ0v) is 9.54. The number of ether oxygens (including phenoxy) is 1. The van der Waals surface area contributed by atoms with Gasteiger partial charge in [-0.3, -0.25) is 4.98 Å². The highest BCUT2D eigenvalue weighted by Gasteiger charge is 2.16. The number of esters is 1. The van der Waals surface area contributed by atoms with E-state index in [1.165, 1.54) is 19.4 Å². The molecule has 6 nitrogen and oxygen atoms in total. The molecule has 0 fully saturated rings. The summed E-state index contributed by atoms with van der Waals surface area (Å²) in [6.07, 6.45) is 4.92. The van der Waals surface area contributed by atoms with Crippen molar-refractivity contribution in [3.8, 4) is 11.4 Å². The highest BCUT2D eigenvalue weighted by Crippen LogP contribution is 2.24. The summed E-state index contributed by atoms with van der Waals surface area (Å²) >= 11 is 0. The van der Waals surface area contributed by atoms with Crippen LogP contribution < -0.4 is 5.73 Å². The van der Waals surface area contributed by atoms with Gasteiger partial charge < -0.3 is 15.0 Å². The van der Waals surface area contributed by atoms with E-state index in [0.717, 1.165) is 0 Å². The van der Waals surface area contributed by atoms with Crippen molar-refractivity contribution in [1.82, 2.24) is 14.5 Å². The number of nitrogens with zero attached hydrogens (tertiary/aromatic N) is 3. The number of nitrogens with two attached hydrogens (primary N) is 1. The van der Waals surface area contributed by atoms with Gasteiger partial charge in [-0.25, -0.2) is 9.78 Å². The second-order valence-corrected chi connectivity index (χ2v) is 3.54. The number of carbonyl (C=O) groups excluding carboxylic acids is 1. The van der Waals surface area contributed by atoms with Gasteiger partial charge >= 0.3 is 5.97 Å². The maximum absolute atomic E-state index is 11.5. The molecule has 0 aliphatic rings. The maximum atomic E-state index is 11.5. The number of aromatic nitrogens is 3. The number of aryl methyl sites for hydroxylation is 1. The topological polar surface area (TPSA) is 83.0 Å². The van der Waals surface area contributed by atoms with Crippen LogP contribution in [0.5, 0.6) is 0 Å². The molecule has 0 aliphatic carbocycles. The van der Waals surface area contributed by atoms with E-state index in [1.54, 1.807) is 17.1 Å². The summed E-state index contributed by atoms with van der Waals surface area (Å²) in [6, 6.07) is 1.52. The van der Waals surface area contributed by atoms with Crippen LogP contribution in [0, 0.1) is 0 Å². The largest absolute Gasteiger partial charge is 0.465 e. The van der Waals surface area contributed by atoms with E-state index in [-0.39, 0.29) is 5.69 Å². The molecule has 0 bridgehead atoms. The quantitative estimate of drug-likeness (QED) is 0.776. The van der Waals surface area contributed by atoms with E-state index >= 15 is 0 Å². The van der Waals surface area contributed by atoms with Gasteiger partial charge in [-0.15, -0.1) is 0 Å². The zero-order valence-electron chi connectivity index (χ0n) is 9.54. The Bertz CT molecular complexity index is 562. The molecule has 17 heavy (non-hydrogen) atoms. The predicted molar refractivity (Wildman–Crippen MR) is 62.2 cm³/mol. The third-order valence-corrected chi connectivity index (χ3v) is 2.34. The molecule has 6 heteroatoms. The number of pyridine rings is 1. The van der Waals surface area contributed by atoms with Crippen molar-refractivity contribution in [1.29, 1.82) is 0 Å². The van der Waals surface area contributed by atoms with Crippen LogP contribution in [0.1, 0.15) is 10.4 Å². The van der Waals surface area contributed by atoms with Crippen molar-refractivity contribution in [2.24, 2.45) is 7.05 Å².